The van der Waals surface area contributed by atoms with Crippen molar-refractivity contribution in [1.29, 1.82) is 0 Å². The fraction of sp³-hybridized carbons (Fsp3) is 0.143. The highest BCUT2D eigenvalue weighted by Gasteiger charge is 2.15. The molecule has 0 amide bonds. The van der Waals surface area contributed by atoms with Crippen LogP contribution < -0.4 is 9.46 Å². The summed E-state index contributed by atoms with van der Waals surface area (Å²) in [5.41, 5.74) is 0.531. The third-order valence-corrected chi connectivity index (χ3v) is 4.50. The number of alkyl halides is 2. The van der Waals surface area contributed by atoms with Gasteiger partial charge < -0.3 is 4.74 Å². The summed E-state index contributed by atoms with van der Waals surface area (Å²) in [4.78, 5) is -0.179. The number of nitrogens with one attached hydrogen (secondary N) is 1. The predicted molar refractivity (Wildman–Crippen MR) is 78.5 cm³/mol. The number of hydrogen-bond acceptors (Lipinski definition) is 3. The van der Waals surface area contributed by atoms with Crippen LogP contribution >= 0.6 is 11.6 Å². The van der Waals surface area contributed by atoms with Crippen molar-refractivity contribution in [3.63, 3.8) is 0 Å². The van der Waals surface area contributed by atoms with Gasteiger partial charge in [-0.15, -0.1) is 0 Å². The van der Waals surface area contributed by atoms with Crippen LogP contribution in [0.5, 0.6) is 5.75 Å². The number of sulfonamides is 1. The van der Waals surface area contributed by atoms with E-state index in [2.05, 4.69) is 9.46 Å². The lowest BCUT2D eigenvalue weighted by Crippen LogP contribution is -2.23. The number of rotatable bonds is 6. The molecule has 0 aromatic heterocycles. The maximum absolute atomic E-state index is 13.1. The molecule has 2 aromatic rings. The lowest BCUT2D eigenvalue weighted by atomic mass is 10.2. The normalized spacial score (nSPS) is 11.7. The molecule has 23 heavy (non-hydrogen) atoms. The maximum Gasteiger partial charge on any atom is 0.387 e. The highest BCUT2D eigenvalue weighted by atomic mass is 35.5. The first-order chi connectivity index (χ1) is 10.8. The van der Waals surface area contributed by atoms with Crippen LogP contribution in [0.2, 0.25) is 5.02 Å². The first kappa shape index (κ1) is 17.6. The molecule has 0 aliphatic heterocycles. The van der Waals surface area contributed by atoms with Crippen molar-refractivity contribution in [3.05, 3.63) is 58.9 Å². The van der Waals surface area contributed by atoms with E-state index < -0.39 is 22.5 Å². The number of benzene rings is 2. The molecule has 0 unspecified atom stereocenters. The quantitative estimate of drug-likeness (QED) is 0.851. The van der Waals surface area contributed by atoms with E-state index in [1.54, 1.807) is 0 Å². The summed E-state index contributed by atoms with van der Waals surface area (Å²) in [6, 6.07) is 8.51. The van der Waals surface area contributed by atoms with E-state index in [4.69, 9.17) is 11.6 Å². The third kappa shape index (κ3) is 4.85. The zero-order valence-electron chi connectivity index (χ0n) is 11.5. The van der Waals surface area contributed by atoms with Gasteiger partial charge in [-0.3, -0.25) is 0 Å². The van der Waals surface area contributed by atoms with Crippen LogP contribution in [0.4, 0.5) is 13.2 Å². The molecule has 0 bridgehead atoms. The van der Waals surface area contributed by atoms with Crippen molar-refractivity contribution in [2.45, 2.75) is 18.1 Å². The summed E-state index contributed by atoms with van der Waals surface area (Å²) in [7, 11) is -3.88. The van der Waals surface area contributed by atoms with E-state index in [0.717, 1.165) is 18.2 Å². The average Bonchev–Trinajstić information content (AvgIpc) is 2.49. The summed E-state index contributed by atoms with van der Waals surface area (Å²) in [5.74, 6) is -0.753. The molecular weight excluding hydrogens is 355 g/mol. The molecule has 0 radical (unpaired) electrons. The van der Waals surface area contributed by atoms with Gasteiger partial charge in [-0.05, 0) is 35.9 Å². The zero-order chi connectivity index (χ0) is 17.0. The second-order valence-electron chi connectivity index (χ2n) is 4.42. The van der Waals surface area contributed by atoms with Crippen molar-refractivity contribution in [2.24, 2.45) is 0 Å². The van der Waals surface area contributed by atoms with Crippen molar-refractivity contribution < 1.29 is 26.3 Å². The molecule has 2 rings (SSSR count). The van der Waals surface area contributed by atoms with E-state index in [1.165, 1.54) is 24.3 Å². The van der Waals surface area contributed by atoms with Crippen LogP contribution in [0.3, 0.4) is 0 Å². The Balaban J connectivity index is 2.05. The molecule has 4 nitrogen and oxygen atoms in total. The Labute approximate surface area is 135 Å². The molecule has 0 heterocycles. The highest BCUT2D eigenvalue weighted by Crippen LogP contribution is 2.20. The molecule has 0 fully saturated rings. The minimum atomic E-state index is -3.88. The van der Waals surface area contributed by atoms with Crippen molar-refractivity contribution in [3.8, 4) is 5.75 Å². The van der Waals surface area contributed by atoms with Crippen molar-refractivity contribution in [1.82, 2.24) is 4.72 Å². The molecule has 0 saturated carbocycles. The second-order valence-corrected chi connectivity index (χ2v) is 6.60. The summed E-state index contributed by atoms with van der Waals surface area (Å²) in [5, 5.41) is -0.304. The van der Waals surface area contributed by atoms with Crippen LogP contribution in [0.25, 0.3) is 0 Å². The Morgan fingerprint density at radius 3 is 2.35 bits per heavy atom. The standard InChI is InChI=1S/C14H11ClF3NO3S/c15-12-7-11(5-6-13(12)16)23(20,21)19-8-9-1-3-10(4-2-9)22-14(17)18/h1-7,14,19H,8H2. The first-order valence-electron chi connectivity index (χ1n) is 6.26. The second kappa shape index (κ2) is 7.20. The fourth-order valence-electron chi connectivity index (χ4n) is 1.69. The molecule has 0 saturated heterocycles. The van der Waals surface area contributed by atoms with E-state index in [-0.39, 0.29) is 22.2 Å². The van der Waals surface area contributed by atoms with Gasteiger partial charge in [0.25, 0.3) is 0 Å². The monoisotopic (exact) mass is 365 g/mol. The topological polar surface area (TPSA) is 55.4 Å². The van der Waals surface area contributed by atoms with Crippen LogP contribution in [-0.4, -0.2) is 15.0 Å². The smallest absolute Gasteiger partial charge is 0.387 e. The zero-order valence-corrected chi connectivity index (χ0v) is 13.0. The highest BCUT2D eigenvalue weighted by molar-refractivity contribution is 7.89. The SMILES string of the molecule is O=S(=O)(NCc1ccc(OC(F)F)cc1)c1ccc(F)c(Cl)c1. The van der Waals surface area contributed by atoms with E-state index in [1.807, 2.05) is 0 Å². The lowest BCUT2D eigenvalue weighted by Gasteiger charge is -2.09. The minimum absolute atomic E-state index is 0.0306. The Bertz CT molecular complexity index is 782. The van der Waals surface area contributed by atoms with Gasteiger partial charge in [-0.1, -0.05) is 23.7 Å². The summed E-state index contributed by atoms with van der Waals surface area (Å²) in [6.07, 6.45) is 0. The third-order valence-electron chi connectivity index (χ3n) is 2.82. The average molecular weight is 366 g/mol. The molecule has 0 aliphatic carbocycles. The van der Waals surface area contributed by atoms with Crippen molar-refractivity contribution in [2.75, 3.05) is 0 Å². The molecular formula is C14H11ClF3NO3S. The van der Waals surface area contributed by atoms with Crippen LogP contribution in [0.15, 0.2) is 47.4 Å². The summed E-state index contributed by atoms with van der Waals surface area (Å²) >= 11 is 5.55. The van der Waals surface area contributed by atoms with Gasteiger partial charge in [-0.25, -0.2) is 17.5 Å². The number of halogens is 4. The van der Waals surface area contributed by atoms with Crippen molar-refractivity contribution >= 4 is 21.6 Å². The Hall–Kier alpha value is -1.77. The van der Waals surface area contributed by atoms with E-state index in [9.17, 15) is 21.6 Å². The Kier molecular flexibility index (Phi) is 5.51. The molecule has 1 N–H and O–H groups in total. The van der Waals surface area contributed by atoms with Crippen LogP contribution in [0.1, 0.15) is 5.56 Å². The summed E-state index contributed by atoms with van der Waals surface area (Å²) < 4.78 is 67.7. The van der Waals surface area contributed by atoms with Gasteiger partial charge in [0.15, 0.2) is 0 Å². The Morgan fingerprint density at radius 1 is 1.13 bits per heavy atom. The lowest BCUT2D eigenvalue weighted by molar-refractivity contribution is -0.0498. The van der Waals surface area contributed by atoms with Crippen LogP contribution in [-0.2, 0) is 16.6 Å². The van der Waals surface area contributed by atoms with Gasteiger partial charge in [0.05, 0.1) is 9.92 Å². The molecule has 124 valence electrons. The number of ether oxygens (including phenoxy) is 1. The molecule has 0 spiro atoms. The fourth-order valence-corrected chi connectivity index (χ4v) is 2.98. The molecule has 0 aliphatic rings. The van der Waals surface area contributed by atoms with Gasteiger partial charge in [0.1, 0.15) is 11.6 Å². The summed E-state index contributed by atoms with van der Waals surface area (Å²) in [6.45, 7) is -3.01. The van der Waals surface area contributed by atoms with E-state index >= 15 is 0 Å². The molecule has 9 heteroatoms. The number of hydrogen-bond donors (Lipinski definition) is 1. The maximum atomic E-state index is 13.1. The Morgan fingerprint density at radius 2 is 1.78 bits per heavy atom. The van der Waals surface area contributed by atoms with Gasteiger partial charge >= 0.3 is 6.61 Å². The predicted octanol–water partition coefficient (Wildman–Crippen LogP) is 3.56. The first-order valence-corrected chi connectivity index (χ1v) is 8.12. The van der Waals surface area contributed by atoms with Gasteiger partial charge in [0.2, 0.25) is 10.0 Å². The molecule has 0 atom stereocenters. The largest absolute Gasteiger partial charge is 0.435 e. The van der Waals surface area contributed by atoms with Crippen LogP contribution in [0, 0.1) is 5.82 Å². The van der Waals surface area contributed by atoms with Gasteiger partial charge in [-0.2, -0.15) is 8.78 Å². The molecule has 2 aromatic carbocycles. The van der Waals surface area contributed by atoms with Gasteiger partial charge in [0, 0.05) is 6.54 Å². The van der Waals surface area contributed by atoms with E-state index in [0.29, 0.717) is 5.56 Å². The minimum Gasteiger partial charge on any atom is -0.435 e.